The highest BCUT2D eigenvalue weighted by atomic mass is 16.5. The minimum atomic E-state index is 0.552. The normalized spacial score (nSPS) is 10.3. The molecule has 0 saturated heterocycles. The maximum absolute atomic E-state index is 5.56. The molecule has 0 amide bonds. The largest absolute Gasteiger partial charge is 0.491 e. The van der Waals surface area contributed by atoms with Crippen LogP contribution in [-0.2, 0) is 9.47 Å². The average molecular weight is 225 g/mol. The molecule has 0 aromatic heterocycles. The molecule has 2 N–H and O–H groups in total. The summed E-state index contributed by atoms with van der Waals surface area (Å²) in [4.78, 5) is 0. The van der Waals surface area contributed by atoms with E-state index in [1.807, 2.05) is 24.3 Å². The molecule has 0 aliphatic carbocycles. The first-order valence-corrected chi connectivity index (χ1v) is 5.38. The fourth-order valence-corrected chi connectivity index (χ4v) is 1.19. The quantitative estimate of drug-likeness (QED) is 0.540. The Morgan fingerprint density at radius 1 is 1.00 bits per heavy atom. The molecule has 0 bridgehead atoms. The highest BCUT2D eigenvalue weighted by molar-refractivity contribution is 5.41. The average Bonchev–Trinajstić information content (AvgIpc) is 2.30. The Bertz CT molecular complexity index is 274. The van der Waals surface area contributed by atoms with Crippen molar-refractivity contribution in [3.05, 3.63) is 24.3 Å². The Labute approximate surface area is 96.3 Å². The molecule has 4 heteroatoms. The lowest BCUT2D eigenvalue weighted by atomic mass is 10.3. The van der Waals surface area contributed by atoms with Crippen molar-refractivity contribution in [2.45, 2.75) is 6.42 Å². The molecule has 16 heavy (non-hydrogen) atoms. The summed E-state index contributed by atoms with van der Waals surface area (Å²) >= 11 is 0. The molecule has 0 fully saturated rings. The summed E-state index contributed by atoms with van der Waals surface area (Å²) in [5.74, 6) is 0.815. The van der Waals surface area contributed by atoms with Gasteiger partial charge >= 0.3 is 0 Å². The highest BCUT2D eigenvalue weighted by Crippen LogP contribution is 2.12. The van der Waals surface area contributed by atoms with Crippen molar-refractivity contribution in [2.24, 2.45) is 0 Å². The van der Waals surface area contributed by atoms with Crippen molar-refractivity contribution in [3.63, 3.8) is 0 Å². The number of benzene rings is 1. The van der Waals surface area contributed by atoms with E-state index < -0.39 is 0 Å². The van der Waals surface area contributed by atoms with Gasteiger partial charge in [0.25, 0.3) is 0 Å². The number of hydrogen-bond acceptors (Lipinski definition) is 4. The summed E-state index contributed by atoms with van der Waals surface area (Å²) in [5, 5.41) is 0. The molecule has 1 aromatic carbocycles. The Morgan fingerprint density at radius 3 is 2.44 bits per heavy atom. The van der Waals surface area contributed by atoms with E-state index in [4.69, 9.17) is 19.9 Å². The van der Waals surface area contributed by atoms with Gasteiger partial charge in [-0.2, -0.15) is 0 Å². The summed E-state index contributed by atoms with van der Waals surface area (Å²) in [7, 11) is 1.68. The lowest BCUT2D eigenvalue weighted by Gasteiger charge is -2.07. The number of rotatable bonds is 8. The van der Waals surface area contributed by atoms with Gasteiger partial charge in [-0.15, -0.1) is 0 Å². The van der Waals surface area contributed by atoms with E-state index in [1.165, 1.54) is 0 Å². The van der Waals surface area contributed by atoms with E-state index in [2.05, 4.69) is 0 Å². The predicted octanol–water partition coefficient (Wildman–Crippen LogP) is 1.70. The van der Waals surface area contributed by atoms with Crippen LogP contribution in [0.1, 0.15) is 6.42 Å². The van der Waals surface area contributed by atoms with Gasteiger partial charge in [0.05, 0.1) is 6.61 Å². The van der Waals surface area contributed by atoms with Crippen molar-refractivity contribution in [3.8, 4) is 5.75 Å². The van der Waals surface area contributed by atoms with Crippen LogP contribution in [0.25, 0.3) is 0 Å². The highest BCUT2D eigenvalue weighted by Gasteiger charge is 1.93. The van der Waals surface area contributed by atoms with Crippen molar-refractivity contribution in [1.82, 2.24) is 0 Å². The zero-order valence-corrected chi connectivity index (χ0v) is 9.65. The van der Waals surface area contributed by atoms with E-state index in [1.54, 1.807) is 7.11 Å². The molecule has 0 aliphatic heterocycles. The summed E-state index contributed by atoms with van der Waals surface area (Å²) in [6, 6.07) is 7.32. The number of anilines is 1. The zero-order valence-electron chi connectivity index (χ0n) is 9.65. The third-order valence-electron chi connectivity index (χ3n) is 2.01. The Morgan fingerprint density at radius 2 is 1.75 bits per heavy atom. The Kier molecular flexibility index (Phi) is 6.37. The number of nitrogens with two attached hydrogens (primary N) is 1. The third-order valence-corrected chi connectivity index (χ3v) is 2.01. The van der Waals surface area contributed by atoms with Crippen LogP contribution in [-0.4, -0.2) is 33.5 Å². The second kappa shape index (κ2) is 7.96. The van der Waals surface area contributed by atoms with Gasteiger partial charge in [0.2, 0.25) is 0 Å². The monoisotopic (exact) mass is 225 g/mol. The van der Waals surface area contributed by atoms with Gasteiger partial charge in [-0.25, -0.2) is 0 Å². The molecule has 1 aromatic rings. The van der Waals surface area contributed by atoms with Crippen LogP contribution >= 0.6 is 0 Å². The van der Waals surface area contributed by atoms with Gasteiger partial charge in [0.1, 0.15) is 12.4 Å². The third kappa shape index (κ3) is 5.58. The molecule has 0 heterocycles. The van der Waals surface area contributed by atoms with Crippen LogP contribution in [0.5, 0.6) is 5.75 Å². The zero-order chi connectivity index (χ0) is 11.6. The van der Waals surface area contributed by atoms with Gasteiger partial charge in [-0.05, 0) is 30.7 Å². The van der Waals surface area contributed by atoms with Crippen LogP contribution in [0.15, 0.2) is 24.3 Å². The van der Waals surface area contributed by atoms with Crippen LogP contribution in [0.2, 0.25) is 0 Å². The maximum atomic E-state index is 5.56. The first kappa shape index (κ1) is 12.8. The predicted molar refractivity (Wildman–Crippen MR) is 63.7 cm³/mol. The van der Waals surface area contributed by atoms with E-state index in [-0.39, 0.29) is 0 Å². The van der Waals surface area contributed by atoms with E-state index in [0.29, 0.717) is 19.8 Å². The molecule has 0 atom stereocenters. The molecule has 0 unspecified atom stereocenters. The van der Waals surface area contributed by atoms with Gasteiger partial charge in [-0.3, -0.25) is 0 Å². The Balaban J connectivity index is 2.01. The van der Waals surface area contributed by atoms with Crippen LogP contribution in [0, 0.1) is 0 Å². The van der Waals surface area contributed by atoms with E-state index >= 15 is 0 Å². The van der Waals surface area contributed by atoms with Gasteiger partial charge in [0.15, 0.2) is 0 Å². The molecular weight excluding hydrogens is 206 g/mol. The minimum Gasteiger partial charge on any atom is -0.491 e. The van der Waals surface area contributed by atoms with Gasteiger partial charge in [-0.1, -0.05) is 0 Å². The molecule has 0 aliphatic rings. The van der Waals surface area contributed by atoms with Gasteiger partial charge < -0.3 is 19.9 Å². The summed E-state index contributed by atoms with van der Waals surface area (Å²) in [5.41, 5.74) is 6.30. The standard InChI is InChI=1S/C12H19NO3/c1-14-7-2-8-15-9-10-16-12-5-3-11(13)4-6-12/h3-6H,2,7-10,13H2,1H3. The van der Waals surface area contributed by atoms with Crippen molar-refractivity contribution >= 4 is 5.69 Å². The molecule has 4 nitrogen and oxygen atoms in total. The first-order valence-electron chi connectivity index (χ1n) is 5.38. The van der Waals surface area contributed by atoms with Crippen molar-refractivity contribution in [2.75, 3.05) is 39.3 Å². The summed E-state index contributed by atoms with van der Waals surface area (Å²) in [6.45, 7) is 2.59. The van der Waals surface area contributed by atoms with Crippen LogP contribution in [0.3, 0.4) is 0 Å². The number of methoxy groups -OCH3 is 1. The van der Waals surface area contributed by atoms with Crippen molar-refractivity contribution < 1.29 is 14.2 Å². The second-order valence-corrected chi connectivity index (χ2v) is 3.38. The molecule has 1 rings (SSSR count). The summed E-state index contributed by atoms with van der Waals surface area (Å²) < 4.78 is 15.7. The molecular formula is C12H19NO3. The minimum absolute atomic E-state index is 0.552. The first-order chi connectivity index (χ1) is 7.83. The van der Waals surface area contributed by atoms with E-state index in [9.17, 15) is 0 Å². The topological polar surface area (TPSA) is 53.7 Å². The van der Waals surface area contributed by atoms with Gasteiger partial charge in [0, 0.05) is 26.0 Å². The maximum Gasteiger partial charge on any atom is 0.119 e. The molecule has 0 saturated carbocycles. The Hall–Kier alpha value is -1.26. The molecule has 0 radical (unpaired) electrons. The number of nitrogen functional groups attached to an aromatic ring is 1. The summed E-state index contributed by atoms with van der Waals surface area (Å²) in [6.07, 6.45) is 0.915. The SMILES string of the molecule is COCCCOCCOc1ccc(N)cc1. The molecule has 0 spiro atoms. The lowest BCUT2D eigenvalue weighted by Crippen LogP contribution is -2.08. The number of ether oxygens (including phenoxy) is 3. The fraction of sp³-hybridized carbons (Fsp3) is 0.500. The number of hydrogen-bond donors (Lipinski definition) is 1. The van der Waals surface area contributed by atoms with Crippen molar-refractivity contribution in [1.29, 1.82) is 0 Å². The smallest absolute Gasteiger partial charge is 0.119 e. The van der Waals surface area contributed by atoms with Crippen LogP contribution in [0.4, 0.5) is 5.69 Å². The fourth-order valence-electron chi connectivity index (χ4n) is 1.19. The lowest BCUT2D eigenvalue weighted by molar-refractivity contribution is 0.0806. The van der Waals surface area contributed by atoms with E-state index in [0.717, 1.165) is 24.5 Å². The second-order valence-electron chi connectivity index (χ2n) is 3.38. The molecule has 90 valence electrons. The van der Waals surface area contributed by atoms with Crippen LogP contribution < -0.4 is 10.5 Å².